The van der Waals surface area contributed by atoms with Gasteiger partial charge in [0.05, 0.1) is 33.2 Å². The minimum atomic E-state index is 0.150. The van der Waals surface area contributed by atoms with Crippen molar-refractivity contribution in [2.45, 2.75) is 19.4 Å². The van der Waals surface area contributed by atoms with Crippen LogP contribution in [0.4, 0.5) is 0 Å². The summed E-state index contributed by atoms with van der Waals surface area (Å²) in [4.78, 5) is 0. The van der Waals surface area contributed by atoms with Crippen LogP contribution >= 0.6 is 0 Å². The molecule has 3 heteroatoms. The fourth-order valence-corrected chi connectivity index (χ4v) is 1.41. The van der Waals surface area contributed by atoms with Gasteiger partial charge in [0.25, 0.3) is 0 Å². The number of nitrogens with zero attached hydrogens (tertiary/aromatic N) is 1. The molecule has 0 saturated carbocycles. The summed E-state index contributed by atoms with van der Waals surface area (Å²) in [6, 6.07) is 0.150. The van der Waals surface area contributed by atoms with Crippen molar-refractivity contribution in [2.24, 2.45) is 11.5 Å². The van der Waals surface area contributed by atoms with E-state index in [1.54, 1.807) is 0 Å². The van der Waals surface area contributed by atoms with Crippen LogP contribution in [-0.2, 0) is 0 Å². The highest BCUT2D eigenvalue weighted by molar-refractivity contribution is 4.59. The SMILES string of the molecule is CCC[N+](C)(C)CC(N)CN. The summed E-state index contributed by atoms with van der Waals surface area (Å²) in [6.45, 7) is 4.93. The van der Waals surface area contributed by atoms with Gasteiger partial charge in [0.2, 0.25) is 0 Å². The van der Waals surface area contributed by atoms with Gasteiger partial charge in [0, 0.05) is 6.54 Å². The Kier molecular flexibility index (Phi) is 4.65. The summed E-state index contributed by atoms with van der Waals surface area (Å²) in [7, 11) is 4.39. The van der Waals surface area contributed by atoms with Crippen molar-refractivity contribution in [3.8, 4) is 0 Å². The highest BCUT2D eigenvalue weighted by Crippen LogP contribution is 1.99. The second-order valence-corrected chi connectivity index (χ2v) is 3.84. The zero-order chi connectivity index (χ0) is 8.91. The standard InChI is InChI=1S/C8H22N3/c1-4-5-11(2,3)7-8(10)6-9/h8H,4-7,9-10H2,1-3H3/q+1. The van der Waals surface area contributed by atoms with E-state index < -0.39 is 0 Å². The monoisotopic (exact) mass is 160 g/mol. The predicted octanol–water partition coefficient (Wildman–Crippen LogP) is -0.241. The first kappa shape index (κ1) is 10.9. The molecule has 0 aromatic carbocycles. The molecule has 0 aliphatic heterocycles. The molecule has 0 rings (SSSR count). The van der Waals surface area contributed by atoms with Crippen molar-refractivity contribution in [1.29, 1.82) is 0 Å². The van der Waals surface area contributed by atoms with Gasteiger partial charge in [-0.3, -0.25) is 0 Å². The normalized spacial score (nSPS) is 15.0. The van der Waals surface area contributed by atoms with E-state index in [4.69, 9.17) is 11.5 Å². The molecule has 0 saturated heterocycles. The maximum atomic E-state index is 5.75. The highest BCUT2D eigenvalue weighted by Gasteiger charge is 2.16. The van der Waals surface area contributed by atoms with Crippen LogP contribution in [-0.4, -0.2) is 44.3 Å². The number of rotatable bonds is 5. The van der Waals surface area contributed by atoms with Crippen LogP contribution in [0.3, 0.4) is 0 Å². The summed E-state index contributed by atoms with van der Waals surface area (Å²) < 4.78 is 0.981. The van der Waals surface area contributed by atoms with Gasteiger partial charge in [-0.05, 0) is 6.42 Å². The van der Waals surface area contributed by atoms with Crippen molar-refractivity contribution in [1.82, 2.24) is 0 Å². The largest absolute Gasteiger partial charge is 0.329 e. The minimum Gasteiger partial charge on any atom is -0.329 e. The Bertz CT molecular complexity index is 102. The molecule has 0 radical (unpaired) electrons. The average molecular weight is 160 g/mol. The van der Waals surface area contributed by atoms with Gasteiger partial charge >= 0.3 is 0 Å². The molecule has 0 spiro atoms. The van der Waals surface area contributed by atoms with Crippen molar-refractivity contribution in [2.75, 3.05) is 33.7 Å². The number of hydrogen-bond donors (Lipinski definition) is 2. The van der Waals surface area contributed by atoms with Crippen LogP contribution in [0.5, 0.6) is 0 Å². The molecule has 0 aliphatic carbocycles. The fourth-order valence-electron chi connectivity index (χ4n) is 1.41. The summed E-state index contributed by atoms with van der Waals surface area (Å²) >= 11 is 0. The van der Waals surface area contributed by atoms with Crippen molar-refractivity contribution >= 4 is 0 Å². The molecule has 1 unspecified atom stereocenters. The van der Waals surface area contributed by atoms with Crippen molar-refractivity contribution in [3.05, 3.63) is 0 Å². The van der Waals surface area contributed by atoms with E-state index in [1.807, 2.05) is 0 Å². The van der Waals surface area contributed by atoms with E-state index in [1.165, 1.54) is 13.0 Å². The Morgan fingerprint density at radius 3 is 2.27 bits per heavy atom. The minimum absolute atomic E-state index is 0.150. The number of hydrogen-bond acceptors (Lipinski definition) is 2. The maximum absolute atomic E-state index is 5.75. The molecule has 0 amide bonds. The van der Waals surface area contributed by atoms with Gasteiger partial charge in [-0.15, -0.1) is 0 Å². The molecule has 0 heterocycles. The van der Waals surface area contributed by atoms with Gasteiger partial charge in [-0.1, -0.05) is 6.92 Å². The summed E-state index contributed by atoms with van der Waals surface area (Å²) in [5.74, 6) is 0. The molecule has 0 aliphatic rings. The Hall–Kier alpha value is -0.120. The maximum Gasteiger partial charge on any atom is 0.0948 e. The van der Waals surface area contributed by atoms with E-state index in [0.29, 0.717) is 6.54 Å². The lowest BCUT2D eigenvalue weighted by Gasteiger charge is -2.31. The lowest BCUT2D eigenvalue weighted by atomic mass is 10.2. The zero-order valence-corrected chi connectivity index (χ0v) is 8.01. The quantitative estimate of drug-likeness (QED) is 0.545. The summed E-state index contributed by atoms with van der Waals surface area (Å²) in [5.41, 5.74) is 11.2. The van der Waals surface area contributed by atoms with Crippen LogP contribution in [0.25, 0.3) is 0 Å². The smallest absolute Gasteiger partial charge is 0.0948 e. The van der Waals surface area contributed by atoms with Crippen LogP contribution in [0.1, 0.15) is 13.3 Å². The Morgan fingerprint density at radius 2 is 1.91 bits per heavy atom. The van der Waals surface area contributed by atoms with Gasteiger partial charge < -0.3 is 16.0 Å². The van der Waals surface area contributed by atoms with Crippen LogP contribution in [0.15, 0.2) is 0 Å². The predicted molar refractivity (Wildman–Crippen MR) is 49.2 cm³/mol. The number of nitrogens with two attached hydrogens (primary N) is 2. The van der Waals surface area contributed by atoms with Gasteiger partial charge in [-0.25, -0.2) is 0 Å². The molecular formula is C8H22N3+. The van der Waals surface area contributed by atoms with E-state index in [2.05, 4.69) is 21.0 Å². The van der Waals surface area contributed by atoms with E-state index in [0.717, 1.165) is 11.0 Å². The molecule has 0 fully saturated rings. The van der Waals surface area contributed by atoms with Crippen LogP contribution in [0.2, 0.25) is 0 Å². The zero-order valence-electron chi connectivity index (χ0n) is 8.01. The molecule has 11 heavy (non-hydrogen) atoms. The first-order valence-corrected chi connectivity index (χ1v) is 4.29. The molecule has 4 N–H and O–H groups in total. The van der Waals surface area contributed by atoms with Crippen LogP contribution in [0, 0.1) is 0 Å². The second-order valence-electron chi connectivity index (χ2n) is 3.84. The lowest BCUT2D eigenvalue weighted by Crippen LogP contribution is -2.50. The molecular weight excluding hydrogens is 138 g/mol. The van der Waals surface area contributed by atoms with Crippen molar-refractivity contribution in [3.63, 3.8) is 0 Å². The Balaban J connectivity index is 3.70. The molecule has 0 bridgehead atoms. The Morgan fingerprint density at radius 1 is 1.36 bits per heavy atom. The third kappa shape index (κ3) is 5.18. The molecule has 3 nitrogen and oxygen atoms in total. The van der Waals surface area contributed by atoms with Gasteiger partial charge in [0.15, 0.2) is 0 Å². The number of likely N-dealkylation sites (N-methyl/N-ethyl adjacent to an activating group) is 1. The fraction of sp³-hybridized carbons (Fsp3) is 1.00. The lowest BCUT2D eigenvalue weighted by molar-refractivity contribution is -0.891. The molecule has 0 aromatic rings. The molecule has 68 valence electrons. The molecule has 0 aromatic heterocycles. The third-order valence-corrected chi connectivity index (χ3v) is 1.86. The average Bonchev–Trinajstić information content (AvgIpc) is 1.86. The van der Waals surface area contributed by atoms with E-state index >= 15 is 0 Å². The van der Waals surface area contributed by atoms with Gasteiger partial charge in [-0.2, -0.15) is 0 Å². The van der Waals surface area contributed by atoms with Crippen LogP contribution < -0.4 is 11.5 Å². The van der Waals surface area contributed by atoms with Crippen molar-refractivity contribution < 1.29 is 4.48 Å². The van der Waals surface area contributed by atoms with E-state index in [-0.39, 0.29) is 6.04 Å². The summed E-state index contributed by atoms with van der Waals surface area (Å²) in [6.07, 6.45) is 1.20. The topological polar surface area (TPSA) is 52.0 Å². The second kappa shape index (κ2) is 4.70. The summed E-state index contributed by atoms with van der Waals surface area (Å²) in [5, 5.41) is 0. The van der Waals surface area contributed by atoms with Gasteiger partial charge in [0.1, 0.15) is 0 Å². The molecule has 1 atom stereocenters. The first-order chi connectivity index (χ1) is 5.02. The number of quaternary nitrogens is 1. The van der Waals surface area contributed by atoms with E-state index in [9.17, 15) is 0 Å². The third-order valence-electron chi connectivity index (χ3n) is 1.86. The highest BCUT2D eigenvalue weighted by atomic mass is 15.3. The first-order valence-electron chi connectivity index (χ1n) is 4.29. The Labute approximate surface area is 69.9 Å².